The molecule has 5 rings (SSSR count). The Morgan fingerprint density at radius 2 is 1.74 bits per heavy atom. The molecule has 2 heterocycles. The summed E-state index contributed by atoms with van der Waals surface area (Å²) in [5.74, 6) is -1.30. The van der Waals surface area contributed by atoms with Gasteiger partial charge in [-0.3, -0.25) is 14.5 Å². The number of thioether (sulfide) groups is 1. The number of halogens is 2. The minimum atomic E-state index is -1.07. The first-order chi connectivity index (χ1) is 20.3. The van der Waals surface area contributed by atoms with E-state index in [-0.39, 0.29) is 16.3 Å². The zero-order valence-electron chi connectivity index (χ0n) is 22.5. The number of ether oxygens (including phenoxy) is 2. The lowest BCUT2D eigenvalue weighted by Gasteiger charge is -2.23. The monoisotopic (exact) mass is 625 g/mol. The zero-order valence-corrected chi connectivity index (χ0v) is 24.9. The normalized spacial score (nSPS) is 16.2. The van der Waals surface area contributed by atoms with Gasteiger partial charge in [-0.25, -0.2) is 4.39 Å². The summed E-state index contributed by atoms with van der Waals surface area (Å²) < 4.78 is 25.7. The molecule has 1 unspecified atom stereocenters. The summed E-state index contributed by atoms with van der Waals surface area (Å²) in [6, 6.07) is 16.4. The van der Waals surface area contributed by atoms with Crippen LogP contribution in [-0.2, 0) is 15.3 Å². The van der Waals surface area contributed by atoms with Crippen LogP contribution in [0.4, 0.5) is 9.52 Å². The second-order valence-electron chi connectivity index (χ2n) is 8.98. The van der Waals surface area contributed by atoms with Gasteiger partial charge in [0.15, 0.2) is 15.8 Å². The molecule has 1 fully saturated rings. The summed E-state index contributed by atoms with van der Waals surface area (Å²) in [6.45, 7) is 4.42. The molecule has 42 heavy (non-hydrogen) atoms. The van der Waals surface area contributed by atoms with Crippen molar-refractivity contribution >= 4 is 57.3 Å². The largest absolute Gasteiger partial charge is 0.507 e. The maximum Gasteiger partial charge on any atom is 0.301 e. The number of aliphatic hydroxyl groups is 1. The molecule has 8 nitrogen and oxygen atoms in total. The molecule has 1 amide bonds. The van der Waals surface area contributed by atoms with E-state index in [1.54, 1.807) is 24.3 Å². The molecule has 1 saturated heterocycles. The molecule has 12 heteroatoms. The van der Waals surface area contributed by atoms with E-state index < -0.39 is 29.3 Å². The highest BCUT2D eigenvalue weighted by Gasteiger charge is 2.48. The van der Waals surface area contributed by atoms with Crippen molar-refractivity contribution in [2.45, 2.75) is 30.0 Å². The predicted molar refractivity (Wildman–Crippen MR) is 161 cm³/mol. The van der Waals surface area contributed by atoms with Crippen LogP contribution in [-0.4, -0.2) is 40.2 Å². The van der Waals surface area contributed by atoms with Gasteiger partial charge in [0.05, 0.1) is 24.8 Å². The first-order valence-corrected chi connectivity index (χ1v) is 15.2. The van der Waals surface area contributed by atoms with Crippen LogP contribution >= 0.6 is 34.7 Å². The van der Waals surface area contributed by atoms with E-state index in [2.05, 4.69) is 10.2 Å². The summed E-state index contributed by atoms with van der Waals surface area (Å²) in [5.41, 5.74) is 1.41. The van der Waals surface area contributed by atoms with Crippen LogP contribution < -0.4 is 14.4 Å². The Balaban J connectivity index is 1.59. The minimum Gasteiger partial charge on any atom is -0.507 e. The number of nitrogens with zero attached hydrogens (tertiary/aromatic N) is 3. The number of aliphatic hydroxyl groups excluding tert-OH is 1. The lowest BCUT2D eigenvalue weighted by atomic mass is 9.95. The maximum atomic E-state index is 13.6. The van der Waals surface area contributed by atoms with Gasteiger partial charge in [-0.05, 0) is 67.4 Å². The number of amides is 1. The standard InChI is InChI=1S/C30H25ClFN3O5S2/c1-3-39-22-14-11-18(15-23(22)40-4-2)25-24(26(36)17-9-12-20(32)13-10-17)27(37)28(38)35(25)29-33-34-30(42-29)41-16-19-7-5-6-8-21(19)31/h5-15,25,36H,3-4,16H2,1-2H3. The van der Waals surface area contributed by atoms with Crippen LogP contribution in [0.1, 0.15) is 36.6 Å². The van der Waals surface area contributed by atoms with Crippen molar-refractivity contribution in [2.75, 3.05) is 18.1 Å². The van der Waals surface area contributed by atoms with Crippen molar-refractivity contribution in [1.82, 2.24) is 10.2 Å². The highest BCUT2D eigenvalue weighted by Crippen LogP contribution is 2.45. The van der Waals surface area contributed by atoms with Crippen molar-refractivity contribution in [3.05, 3.63) is 99.8 Å². The fourth-order valence-corrected chi connectivity index (χ4v) is 6.61. The first kappa shape index (κ1) is 29.6. The molecular weight excluding hydrogens is 601 g/mol. The average molecular weight is 626 g/mol. The van der Waals surface area contributed by atoms with Gasteiger partial charge in [-0.15, -0.1) is 10.2 Å². The molecule has 0 bridgehead atoms. The number of carbonyl (C=O) groups is 2. The van der Waals surface area contributed by atoms with Crippen molar-refractivity contribution in [1.29, 1.82) is 0 Å². The van der Waals surface area contributed by atoms with Crippen molar-refractivity contribution < 1.29 is 28.6 Å². The predicted octanol–water partition coefficient (Wildman–Crippen LogP) is 7.05. The van der Waals surface area contributed by atoms with Crippen molar-refractivity contribution in [2.24, 2.45) is 0 Å². The van der Waals surface area contributed by atoms with Crippen LogP contribution in [0, 0.1) is 5.82 Å². The molecule has 0 aliphatic carbocycles. The van der Waals surface area contributed by atoms with Crippen LogP contribution in [0.2, 0.25) is 5.02 Å². The molecule has 1 N–H and O–H groups in total. The fourth-order valence-electron chi connectivity index (χ4n) is 4.46. The van der Waals surface area contributed by atoms with Gasteiger partial charge in [0, 0.05) is 16.3 Å². The molecule has 0 saturated carbocycles. The molecule has 1 aliphatic heterocycles. The Hall–Kier alpha value is -3.93. The number of carbonyl (C=O) groups excluding carboxylic acids is 2. The van der Waals surface area contributed by atoms with Crippen LogP contribution in [0.5, 0.6) is 11.5 Å². The number of aromatic nitrogens is 2. The summed E-state index contributed by atoms with van der Waals surface area (Å²) in [5, 5.41) is 20.6. The van der Waals surface area contributed by atoms with E-state index in [1.165, 1.54) is 28.8 Å². The quantitative estimate of drug-likeness (QED) is 0.0658. The Labute approximate surface area is 254 Å². The smallest absolute Gasteiger partial charge is 0.301 e. The van der Waals surface area contributed by atoms with Crippen LogP contribution in [0.15, 0.2) is 76.6 Å². The molecule has 1 aromatic heterocycles. The number of anilines is 1. The second kappa shape index (κ2) is 12.9. The average Bonchev–Trinajstić information content (AvgIpc) is 3.55. The maximum absolute atomic E-state index is 13.6. The van der Waals surface area contributed by atoms with Crippen molar-refractivity contribution in [3.63, 3.8) is 0 Å². The third kappa shape index (κ3) is 5.99. The third-order valence-corrected chi connectivity index (χ3v) is 8.83. The van der Waals surface area contributed by atoms with E-state index in [1.807, 2.05) is 32.0 Å². The summed E-state index contributed by atoms with van der Waals surface area (Å²) >= 11 is 8.82. The van der Waals surface area contributed by atoms with Gasteiger partial charge in [0.1, 0.15) is 11.6 Å². The van der Waals surface area contributed by atoms with E-state index >= 15 is 0 Å². The van der Waals surface area contributed by atoms with Gasteiger partial charge >= 0.3 is 5.91 Å². The Kier molecular flexibility index (Phi) is 9.10. The SMILES string of the molecule is CCOc1ccc(C2C(=C(O)c3ccc(F)cc3)C(=O)C(=O)N2c2nnc(SCc3ccccc3Cl)s2)cc1OCC. The summed E-state index contributed by atoms with van der Waals surface area (Å²) in [4.78, 5) is 28.2. The second-order valence-corrected chi connectivity index (χ2v) is 11.6. The molecule has 3 aromatic carbocycles. The lowest BCUT2D eigenvalue weighted by Crippen LogP contribution is -2.29. The zero-order chi connectivity index (χ0) is 29.8. The van der Waals surface area contributed by atoms with Gasteiger partial charge in [-0.1, -0.05) is 59.0 Å². The number of benzene rings is 3. The molecule has 4 aromatic rings. The molecule has 216 valence electrons. The van der Waals surface area contributed by atoms with Gasteiger partial charge in [0.25, 0.3) is 5.78 Å². The third-order valence-electron chi connectivity index (χ3n) is 6.36. The van der Waals surface area contributed by atoms with Gasteiger partial charge in [-0.2, -0.15) is 0 Å². The topological polar surface area (TPSA) is 102 Å². The van der Waals surface area contributed by atoms with E-state index in [4.69, 9.17) is 21.1 Å². The Morgan fingerprint density at radius 3 is 2.45 bits per heavy atom. The first-order valence-electron chi connectivity index (χ1n) is 13.0. The highest BCUT2D eigenvalue weighted by atomic mass is 35.5. The summed E-state index contributed by atoms with van der Waals surface area (Å²) in [6.07, 6.45) is 0. The van der Waals surface area contributed by atoms with Crippen LogP contribution in [0.3, 0.4) is 0 Å². The molecule has 1 aliphatic rings. The van der Waals surface area contributed by atoms with E-state index in [0.717, 1.165) is 29.0 Å². The van der Waals surface area contributed by atoms with E-state index in [9.17, 15) is 19.1 Å². The highest BCUT2D eigenvalue weighted by molar-refractivity contribution is 8.00. The summed E-state index contributed by atoms with van der Waals surface area (Å²) in [7, 11) is 0. The number of ketones is 1. The molecule has 0 spiro atoms. The number of hydrogen-bond acceptors (Lipinski definition) is 9. The molecule has 0 radical (unpaired) electrons. The Morgan fingerprint density at radius 1 is 1.02 bits per heavy atom. The number of Topliss-reactive ketones (excluding diaryl/α,β-unsaturated/α-hetero) is 1. The lowest BCUT2D eigenvalue weighted by molar-refractivity contribution is -0.132. The number of hydrogen-bond donors (Lipinski definition) is 1. The van der Waals surface area contributed by atoms with Gasteiger partial charge < -0.3 is 14.6 Å². The van der Waals surface area contributed by atoms with Gasteiger partial charge in [0.2, 0.25) is 5.13 Å². The van der Waals surface area contributed by atoms with E-state index in [0.29, 0.717) is 45.4 Å². The van der Waals surface area contributed by atoms with Crippen molar-refractivity contribution in [3.8, 4) is 11.5 Å². The Bertz CT molecular complexity index is 1660. The van der Waals surface area contributed by atoms with Crippen LogP contribution in [0.25, 0.3) is 5.76 Å². The molecule has 1 atom stereocenters. The fraction of sp³-hybridized carbons (Fsp3) is 0.200. The number of rotatable bonds is 10. The minimum absolute atomic E-state index is 0.168. The molecular formula is C30H25ClFN3O5S2.